The lowest BCUT2D eigenvalue weighted by molar-refractivity contribution is -0.132. The van der Waals surface area contributed by atoms with Crippen molar-refractivity contribution in [1.29, 1.82) is 0 Å². The number of likely N-dealkylation sites (N-methyl/N-ethyl adjacent to an activating group) is 1. The van der Waals surface area contributed by atoms with Crippen molar-refractivity contribution in [3.8, 4) is 17.6 Å². The fourth-order valence-electron chi connectivity index (χ4n) is 3.75. The van der Waals surface area contributed by atoms with Crippen LogP contribution in [0.2, 0.25) is 0 Å². The minimum atomic E-state index is -3.89. The maximum Gasteiger partial charge on any atom is 0.247 e. The summed E-state index contributed by atoms with van der Waals surface area (Å²) in [4.78, 5) is 14.3. The van der Waals surface area contributed by atoms with Gasteiger partial charge in [-0.05, 0) is 38.0 Å². The van der Waals surface area contributed by atoms with E-state index in [1.54, 1.807) is 31.0 Å². The number of aliphatic hydroxyl groups excluding tert-OH is 1. The Morgan fingerprint density at radius 1 is 1.31 bits per heavy atom. The standard InChI is InChI=1S/C24H34N2O5S/c1-16(2)6-7-19-8-11-23-21(12-19)31-22(14-25(5)24(28)20-9-10-20)17(3)13-26(18(4)15-27)32(23,29)30/h8,11-12,16-18,20,22,27H,9-10,13-15H2,1-5H3/t17-,18+,22-/m1/s1. The maximum atomic E-state index is 13.5. The molecule has 0 aromatic heterocycles. The van der Waals surface area contributed by atoms with E-state index in [-0.39, 0.29) is 47.5 Å². The zero-order chi connectivity index (χ0) is 23.6. The van der Waals surface area contributed by atoms with Crippen molar-refractivity contribution in [2.45, 2.75) is 57.6 Å². The molecule has 3 rings (SSSR count). The Morgan fingerprint density at radius 3 is 2.59 bits per heavy atom. The van der Waals surface area contributed by atoms with Gasteiger partial charge in [-0.1, -0.05) is 32.6 Å². The number of sulfonamides is 1. The summed E-state index contributed by atoms with van der Waals surface area (Å²) in [5, 5.41) is 9.73. The predicted octanol–water partition coefficient (Wildman–Crippen LogP) is 2.33. The average Bonchev–Trinajstić information content (AvgIpc) is 3.58. The molecule has 3 atom stereocenters. The van der Waals surface area contributed by atoms with Crippen LogP contribution in [0.4, 0.5) is 0 Å². The van der Waals surface area contributed by atoms with E-state index >= 15 is 0 Å². The summed E-state index contributed by atoms with van der Waals surface area (Å²) >= 11 is 0. The van der Waals surface area contributed by atoms with E-state index in [0.29, 0.717) is 12.1 Å². The third kappa shape index (κ3) is 5.45. The highest BCUT2D eigenvalue weighted by Crippen LogP contribution is 2.35. The first kappa shape index (κ1) is 24.6. The third-order valence-electron chi connectivity index (χ3n) is 5.93. The zero-order valence-electron chi connectivity index (χ0n) is 19.5. The van der Waals surface area contributed by atoms with Gasteiger partial charge in [0.05, 0.1) is 13.2 Å². The molecule has 1 heterocycles. The second kappa shape index (κ2) is 9.82. The van der Waals surface area contributed by atoms with Crippen LogP contribution >= 0.6 is 0 Å². The molecule has 1 aliphatic heterocycles. The first-order valence-corrected chi connectivity index (χ1v) is 12.7. The highest BCUT2D eigenvalue weighted by molar-refractivity contribution is 7.89. The molecule has 1 fully saturated rings. The number of nitrogens with zero attached hydrogens (tertiary/aromatic N) is 2. The maximum absolute atomic E-state index is 13.5. The van der Waals surface area contributed by atoms with E-state index in [1.165, 1.54) is 10.4 Å². The smallest absolute Gasteiger partial charge is 0.247 e. The van der Waals surface area contributed by atoms with E-state index < -0.39 is 22.2 Å². The monoisotopic (exact) mass is 462 g/mol. The number of hydrogen-bond donors (Lipinski definition) is 1. The van der Waals surface area contributed by atoms with Gasteiger partial charge in [0.1, 0.15) is 16.7 Å². The lowest BCUT2D eigenvalue weighted by Crippen LogP contribution is -2.50. The molecule has 0 spiro atoms. The van der Waals surface area contributed by atoms with Crippen molar-refractivity contribution in [3.05, 3.63) is 23.8 Å². The van der Waals surface area contributed by atoms with E-state index in [9.17, 15) is 18.3 Å². The summed E-state index contributed by atoms with van der Waals surface area (Å²) in [6.07, 6.45) is 1.44. The minimum absolute atomic E-state index is 0.0565. The van der Waals surface area contributed by atoms with Gasteiger partial charge in [-0.25, -0.2) is 8.42 Å². The number of amides is 1. The van der Waals surface area contributed by atoms with Crippen LogP contribution in [0.1, 0.15) is 46.1 Å². The molecule has 0 unspecified atom stereocenters. The average molecular weight is 463 g/mol. The van der Waals surface area contributed by atoms with Crippen LogP contribution < -0.4 is 4.74 Å². The largest absolute Gasteiger partial charge is 0.487 e. The summed E-state index contributed by atoms with van der Waals surface area (Å²) in [6.45, 7) is 7.84. The van der Waals surface area contributed by atoms with E-state index in [0.717, 1.165) is 12.8 Å². The normalized spacial score (nSPS) is 23.7. The number of rotatable bonds is 5. The van der Waals surface area contributed by atoms with Crippen molar-refractivity contribution in [1.82, 2.24) is 9.21 Å². The quantitative estimate of drug-likeness (QED) is 0.679. The van der Waals surface area contributed by atoms with Crippen LogP contribution in [0.15, 0.2) is 23.1 Å². The molecule has 1 amide bonds. The molecule has 176 valence electrons. The van der Waals surface area contributed by atoms with E-state index in [4.69, 9.17) is 4.74 Å². The molecule has 1 saturated carbocycles. The fourth-order valence-corrected chi connectivity index (χ4v) is 5.58. The van der Waals surface area contributed by atoms with Crippen molar-refractivity contribution < 1.29 is 23.1 Å². The molecule has 32 heavy (non-hydrogen) atoms. The van der Waals surface area contributed by atoms with Gasteiger partial charge in [-0.15, -0.1) is 0 Å². The Kier molecular flexibility index (Phi) is 7.53. The molecule has 0 bridgehead atoms. The molecule has 0 radical (unpaired) electrons. The number of fused-ring (bicyclic) bond motifs is 1. The Hall–Kier alpha value is -2.08. The van der Waals surface area contributed by atoms with Gasteiger partial charge in [0.15, 0.2) is 0 Å². The van der Waals surface area contributed by atoms with Crippen LogP contribution in [0.25, 0.3) is 0 Å². The predicted molar refractivity (Wildman–Crippen MR) is 123 cm³/mol. The second-order valence-corrected chi connectivity index (χ2v) is 11.2. The van der Waals surface area contributed by atoms with Crippen molar-refractivity contribution in [3.63, 3.8) is 0 Å². The van der Waals surface area contributed by atoms with Gasteiger partial charge < -0.3 is 14.7 Å². The Balaban J connectivity index is 2.03. The molecule has 8 heteroatoms. The van der Waals surface area contributed by atoms with Crippen LogP contribution in [0.3, 0.4) is 0 Å². The number of ether oxygens (including phenoxy) is 1. The SMILES string of the molecule is CC(C)C#Cc1ccc2c(c1)O[C@H](CN(C)C(=O)C1CC1)[C@H](C)CN([C@@H](C)CO)S2(=O)=O. The first-order chi connectivity index (χ1) is 15.0. The molecule has 1 N–H and O–H groups in total. The zero-order valence-corrected chi connectivity index (χ0v) is 20.4. The molecular formula is C24H34N2O5S. The van der Waals surface area contributed by atoms with Crippen LogP contribution in [-0.4, -0.2) is 67.5 Å². The Labute approximate surface area is 191 Å². The minimum Gasteiger partial charge on any atom is -0.487 e. The summed E-state index contributed by atoms with van der Waals surface area (Å²) in [5.41, 5.74) is 0.670. The second-order valence-electron chi connectivity index (χ2n) is 9.32. The Morgan fingerprint density at radius 2 is 2.00 bits per heavy atom. The lowest BCUT2D eigenvalue weighted by atomic mass is 10.0. The van der Waals surface area contributed by atoms with Gasteiger partial charge >= 0.3 is 0 Å². The van der Waals surface area contributed by atoms with Crippen molar-refractivity contribution >= 4 is 15.9 Å². The number of carbonyl (C=O) groups excluding carboxylic acids is 1. The molecular weight excluding hydrogens is 428 g/mol. The highest BCUT2D eigenvalue weighted by atomic mass is 32.2. The van der Waals surface area contributed by atoms with Gasteiger partial charge in [0, 0.05) is 43.0 Å². The van der Waals surface area contributed by atoms with Crippen molar-refractivity contribution in [2.75, 3.05) is 26.7 Å². The Bertz CT molecular complexity index is 1010. The molecule has 1 aliphatic carbocycles. The third-order valence-corrected chi connectivity index (χ3v) is 7.95. The first-order valence-electron chi connectivity index (χ1n) is 11.2. The molecule has 1 aromatic carbocycles. The van der Waals surface area contributed by atoms with Gasteiger partial charge in [-0.3, -0.25) is 4.79 Å². The van der Waals surface area contributed by atoms with E-state index in [1.807, 2.05) is 20.8 Å². The van der Waals surface area contributed by atoms with Gasteiger partial charge in [0.2, 0.25) is 15.9 Å². The van der Waals surface area contributed by atoms with Crippen LogP contribution in [-0.2, 0) is 14.8 Å². The lowest BCUT2D eigenvalue weighted by Gasteiger charge is -2.37. The number of benzene rings is 1. The van der Waals surface area contributed by atoms with Crippen molar-refractivity contribution in [2.24, 2.45) is 17.8 Å². The van der Waals surface area contributed by atoms with Gasteiger partial charge in [0.25, 0.3) is 0 Å². The summed E-state index contributed by atoms with van der Waals surface area (Å²) in [5.74, 6) is 6.57. The van der Waals surface area contributed by atoms with Crippen LogP contribution in [0, 0.1) is 29.6 Å². The molecule has 0 saturated heterocycles. The van der Waals surface area contributed by atoms with Crippen LogP contribution in [0.5, 0.6) is 5.75 Å². The fraction of sp³-hybridized carbons (Fsp3) is 0.625. The number of carbonyl (C=O) groups is 1. The van der Waals surface area contributed by atoms with E-state index in [2.05, 4.69) is 11.8 Å². The molecule has 7 nitrogen and oxygen atoms in total. The summed E-state index contributed by atoms with van der Waals surface area (Å²) in [6, 6.07) is 4.29. The number of hydrogen-bond acceptors (Lipinski definition) is 5. The molecule has 1 aromatic rings. The molecule has 2 aliphatic rings. The van der Waals surface area contributed by atoms with Gasteiger partial charge in [-0.2, -0.15) is 4.31 Å². The highest BCUT2D eigenvalue weighted by Gasteiger charge is 2.39. The topological polar surface area (TPSA) is 87.2 Å². The number of aliphatic hydroxyl groups is 1. The summed E-state index contributed by atoms with van der Waals surface area (Å²) < 4.78 is 34.6. The summed E-state index contributed by atoms with van der Waals surface area (Å²) in [7, 11) is -2.12.